The summed E-state index contributed by atoms with van der Waals surface area (Å²) in [5, 5.41) is 12.4. The van der Waals surface area contributed by atoms with Crippen LogP contribution in [0.5, 0.6) is 0 Å². The number of benzene rings is 1. The monoisotopic (exact) mass is 297 g/mol. The van der Waals surface area contributed by atoms with Gasteiger partial charge in [-0.2, -0.15) is 0 Å². The highest BCUT2D eigenvalue weighted by Crippen LogP contribution is 2.20. The maximum atomic E-state index is 11.2. The molecule has 1 aromatic heterocycles. The van der Waals surface area contributed by atoms with Crippen LogP contribution >= 0.6 is 11.3 Å². The first-order valence-corrected chi connectivity index (χ1v) is 8.72. The molecule has 4 nitrogen and oxygen atoms in total. The van der Waals surface area contributed by atoms with Crippen LogP contribution in [0.2, 0.25) is 0 Å². The van der Waals surface area contributed by atoms with Gasteiger partial charge in [-0.15, -0.1) is 11.3 Å². The highest BCUT2D eigenvalue weighted by molar-refractivity contribution is 7.90. The number of hydrogen-bond donors (Lipinski definition) is 1. The van der Waals surface area contributed by atoms with Gasteiger partial charge in [0.2, 0.25) is 0 Å². The minimum atomic E-state index is -3.06. The molecule has 0 saturated heterocycles. The Morgan fingerprint density at radius 2 is 2.00 bits per heavy atom. The van der Waals surface area contributed by atoms with Gasteiger partial charge in [-0.25, -0.2) is 13.4 Å². The van der Waals surface area contributed by atoms with Gasteiger partial charge in [-0.05, 0) is 5.56 Å². The summed E-state index contributed by atoms with van der Waals surface area (Å²) in [6.45, 7) is 0. The molecule has 0 aliphatic carbocycles. The second kappa shape index (κ2) is 5.81. The molecular formula is C13H15NO3S2. The summed E-state index contributed by atoms with van der Waals surface area (Å²) in [6.07, 6.45) is 0.964. The van der Waals surface area contributed by atoms with Crippen molar-refractivity contribution < 1.29 is 13.5 Å². The maximum absolute atomic E-state index is 11.2. The molecule has 2 rings (SSSR count). The van der Waals surface area contributed by atoms with Gasteiger partial charge < -0.3 is 5.11 Å². The minimum absolute atomic E-state index is 0.0426. The van der Waals surface area contributed by atoms with Crippen molar-refractivity contribution in [3.05, 3.63) is 52.0 Å². The number of aliphatic hydroxyl groups excluding tert-OH is 1. The van der Waals surface area contributed by atoms with Crippen LogP contribution in [0.1, 0.15) is 22.4 Å². The van der Waals surface area contributed by atoms with E-state index < -0.39 is 15.9 Å². The Hall–Kier alpha value is -1.24. The summed E-state index contributed by atoms with van der Waals surface area (Å²) in [7, 11) is -3.06. The van der Waals surface area contributed by atoms with E-state index in [1.807, 2.05) is 30.3 Å². The summed E-state index contributed by atoms with van der Waals surface area (Å²) < 4.78 is 22.3. The van der Waals surface area contributed by atoms with Crippen LogP contribution in [0.3, 0.4) is 0 Å². The topological polar surface area (TPSA) is 67.3 Å². The molecule has 0 fully saturated rings. The van der Waals surface area contributed by atoms with E-state index >= 15 is 0 Å². The minimum Gasteiger partial charge on any atom is -0.388 e. The molecular weight excluding hydrogens is 282 g/mol. The second-order valence-corrected chi connectivity index (χ2v) is 7.52. The third-order valence-corrected chi connectivity index (χ3v) is 4.45. The van der Waals surface area contributed by atoms with Crippen molar-refractivity contribution in [3.63, 3.8) is 0 Å². The van der Waals surface area contributed by atoms with E-state index in [1.54, 1.807) is 5.38 Å². The fourth-order valence-corrected chi connectivity index (χ4v) is 3.74. The Bertz CT molecular complexity index is 635. The highest BCUT2D eigenvalue weighted by Gasteiger charge is 2.13. The van der Waals surface area contributed by atoms with E-state index in [1.165, 1.54) is 17.6 Å². The first-order valence-electron chi connectivity index (χ1n) is 5.78. The largest absolute Gasteiger partial charge is 0.388 e. The van der Waals surface area contributed by atoms with Gasteiger partial charge in [0.1, 0.15) is 10.8 Å². The Morgan fingerprint density at radius 3 is 2.63 bits per heavy atom. The Labute approximate surface area is 116 Å². The van der Waals surface area contributed by atoms with Crippen molar-refractivity contribution in [2.24, 2.45) is 0 Å². The van der Waals surface area contributed by atoms with Gasteiger partial charge in [0.25, 0.3) is 0 Å². The summed E-state index contributed by atoms with van der Waals surface area (Å²) in [4.78, 5) is 4.24. The van der Waals surface area contributed by atoms with Crippen LogP contribution in [0.25, 0.3) is 0 Å². The number of aliphatic hydroxyl groups is 1. The third kappa shape index (κ3) is 4.41. The normalized spacial score (nSPS) is 13.4. The van der Waals surface area contributed by atoms with E-state index in [4.69, 9.17) is 0 Å². The standard InChI is InChI=1S/C13H15NO3S2/c1-19(16,17)9-13-14-11(8-18-13)7-12(15)10-5-3-2-4-6-10/h2-6,8,12,15H,7,9H2,1H3. The number of aromatic nitrogens is 1. The predicted molar refractivity (Wildman–Crippen MR) is 75.8 cm³/mol. The van der Waals surface area contributed by atoms with E-state index in [-0.39, 0.29) is 5.75 Å². The molecule has 1 atom stereocenters. The van der Waals surface area contributed by atoms with E-state index in [2.05, 4.69) is 4.98 Å². The molecule has 1 heterocycles. The molecule has 0 aliphatic heterocycles. The van der Waals surface area contributed by atoms with Gasteiger partial charge in [-0.3, -0.25) is 0 Å². The Balaban J connectivity index is 2.04. The van der Waals surface area contributed by atoms with Gasteiger partial charge in [0.05, 0.1) is 11.8 Å². The van der Waals surface area contributed by atoms with Crippen molar-refractivity contribution in [3.8, 4) is 0 Å². The first kappa shape index (κ1) is 14.2. The van der Waals surface area contributed by atoms with Gasteiger partial charge in [-0.1, -0.05) is 30.3 Å². The van der Waals surface area contributed by atoms with Crippen LogP contribution in [0, 0.1) is 0 Å². The number of sulfone groups is 1. The highest BCUT2D eigenvalue weighted by atomic mass is 32.2. The van der Waals surface area contributed by atoms with Gasteiger partial charge >= 0.3 is 0 Å². The summed E-state index contributed by atoms with van der Waals surface area (Å²) >= 11 is 1.31. The number of nitrogens with zero attached hydrogens (tertiary/aromatic N) is 1. The summed E-state index contributed by atoms with van der Waals surface area (Å²) in [5.41, 5.74) is 1.56. The third-order valence-electron chi connectivity index (χ3n) is 2.57. The fraction of sp³-hybridized carbons (Fsp3) is 0.308. The van der Waals surface area contributed by atoms with Crippen LogP contribution in [-0.4, -0.2) is 24.8 Å². The SMILES string of the molecule is CS(=O)(=O)Cc1nc(CC(O)c2ccccc2)cs1. The quantitative estimate of drug-likeness (QED) is 0.916. The van der Waals surface area contributed by atoms with E-state index in [9.17, 15) is 13.5 Å². The lowest BCUT2D eigenvalue weighted by Crippen LogP contribution is -2.03. The lowest BCUT2D eigenvalue weighted by atomic mass is 10.1. The lowest BCUT2D eigenvalue weighted by molar-refractivity contribution is 0.177. The Kier molecular flexibility index (Phi) is 4.34. The van der Waals surface area contributed by atoms with Gasteiger partial charge in [0, 0.05) is 18.1 Å². The second-order valence-electron chi connectivity index (χ2n) is 4.43. The Morgan fingerprint density at radius 1 is 1.32 bits per heavy atom. The molecule has 0 spiro atoms. The molecule has 1 aromatic carbocycles. The zero-order valence-corrected chi connectivity index (χ0v) is 12.1. The van der Waals surface area contributed by atoms with E-state index in [0.717, 1.165) is 11.3 Å². The summed E-state index contributed by atoms with van der Waals surface area (Å²) in [6, 6.07) is 9.34. The molecule has 19 heavy (non-hydrogen) atoms. The number of rotatable bonds is 5. The average Bonchev–Trinajstić information content (AvgIpc) is 2.75. The van der Waals surface area contributed by atoms with E-state index in [0.29, 0.717) is 11.4 Å². The molecule has 0 bridgehead atoms. The molecule has 0 amide bonds. The first-order chi connectivity index (χ1) is 8.94. The van der Waals surface area contributed by atoms with Gasteiger partial charge in [0.15, 0.2) is 9.84 Å². The molecule has 1 N–H and O–H groups in total. The fourth-order valence-electron chi connectivity index (χ4n) is 1.72. The predicted octanol–water partition coefficient (Wildman–Crippen LogP) is 1.96. The van der Waals surface area contributed by atoms with Crippen molar-refractivity contribution in [2.45, 2.75) is 18.3 Å². The van der Waals surface area contributed by atoms with Crippen molar-refractivity contribution in [1.29, 1.82) is 0 Å². The van der Waals surface area contributed by atoms with Crippen LogP contribution < -0.4 is 0 Å². The van der Waals surface area contributed by atoms with Crippen LogP contribution in [0.15, 0.2) is 35.7 Å². The lowest BCUT2D eigenvalue weighted by Gasteiger charge is -2.08. The maximum Gasteiger partial charge on any atom is 0.153 e. The van der Waals surface area contributed by atoms with Crippen LogP contribution in [0.4, 0.5) is 0 Å². The molecule has 102 valence electrons. The smallest absolute Gasteiger partial charge is 0.153 e. The molecule has 1 unspecified atom stereocenters. The summed E-state index contributed by atoms with van der Waals surface area (Å²) in [5.74, 6) is -0.0426. The van der Waals surface area contributed by atoms with Crippen molar-refractivity contribution in [2.75, 3.05) is 6.26 Å². The molecule has 0 radical (unpaired) electrons. The van der Waals surface area contributed by atoms with Crippen molar-refractivity contribution >= 4 is 21.2 Å². The van der Waals surface area contributed by atoms with Crippen LogP contribution in [-0.2, 0) is 22.0 Å². The molecule has 6 heteroatoms. The molecule has 0 aliphatic rings. The zero-order valence-electron chi connectivity index (χ0n) is 10.5. The number of thiazole rings is 1. The number of hydrogen-bond acceptors (Lipinski definition) is 5. The zero-order chi connectivity index (χ0) is 13.9. The average molecular weight is 297 g/mol. The van der Waals surface area contributed by atoms with Crippen molar-refractivity contribution in [1.82, 2.24) is 4.98 Å². The molecule has 2 aromatic rings. The molecule has 0 saturated carbocycles.